The molecule has 2 N–H and O–H groups in total. The Morgan fingerprint density at radius 3 is 1.23 bits per heavy atom. The Hall–Kier alpha value is -3.24. The van der Waals surface area contributed by atoms with E-state index in [4.69, 9.17) is 23.2 Å². The average Bonchev–Trinajstić information content (AvgIpc) is 3.58. The second-order valence-electron chi connectivity index (χ2n) is 12.9. The zero-order valence-electron chi connectivity index (χ0n) is 32.6. The Morgan fingerprint density at radius 2 is 0.947 bits per heavy atom. The third-order valence-electron chi connectivity index (χ3n) is 8.83. The number of rotatable bonds is 18. The van der Waals surface area contributed by atoms with Gasteiger partial charge in [-0.2, -0.15) is 23.5 Å². The third kappa shape index (κ3) is 14.5. The number of aryl methyl sites for hydroxylation is 2. The van der Waals surface area contributed by atoms with Crippen molar-refractivity contribution in [1.82, 2.24) is 19.8 Å². The first-order chi connectivity index (χ1) is 26.5. The van der Waals surface area contributed by atoms with E-state index in [0.29, 0.717) is 68.3 Å². The van der Waals surface area contributed by atoms with Gasteiger partial charge in [0, 0.05) is 46.7 Å². The van der Waals surface area contributed by atoms with Crippen LogP contribution in [-0.2, 0) is 46.1 Å². The Morgan fingerprint density at radius 1 is 0.632 bits per heavy atom. The third-order valence-corrected chi connectivity index (χ3v) is 10.6. The van der Waals surface area contributed by atoms with Crippen molar-refractivity contribution in [3.05, 3.63) is 116 Å². The van der Waals surface area contributed by atoms with Gasteiger partial charge < -0.3 is 39.6 Å². The van der Waals surface area contributed by atoms with Gasteiger partial charge in [-0.1, -0.05) is 23.2 Å². The number of nitrogens with zero attached hydrogens (tertiary/aromatic N) is 2. The quantitative estimate of drug-likeness (QED) is 0.111. The minimum atomic E-state index is -1.30. The molecule has 0 aliphatic carbocycles. The molecule has 2 aromatic heterocycles. The number of carboxylic acids is 2. The smallest absolute Gasteiger partial charge is 0.548 e. The molecular formula is C40H44CaCl2N4O8S2. The van der Waals surface area contributed by atoms with Crippen LogP contribution in [0.1, 0.15) is 67.5 Å². The molecule has 0 aliphatic heterocycles. The van der Waals surface area contributed by atoms with Gasteiger partial charge >= 0.3 is 37.7 Å². The van der Waals surface area contributed by atoms with Gasteiger partial charge in [-0.05, 0) is 122 Å². The molecule has 2 amide bonds. The molecule has 17 heteroatoms. The topological polar surface area (TPSA) is 182 Å². The molecule has 4 aromatic rings. The fourth-order valence-corrected chi connectivity index (χ4v) is 7.11. The van der Waals surface area contributed by atoms with Crippen molar-refractivity contribution < 1.29 is 39.0 Å². The number of hydrogen-bond acceptors (Lipinski definition) is 10. The molecule has 57 heavy (non-hydrogen) atoms. The van der Waals surface area contributed by atoms with Gasteiger partial charge in [0.25, 0.3) is 0 Å². The molecule has 2 atom stereocenters. The molecule has 2 aromatic carbocycles. The molecule has 0 saturated heterocycles. The Kier molecular flexibility index (Phi) is 21.0. The van der Waals surface area contributed by atoms with Crippen LogP contribution in [0.25, 0.3) is 0 Å². The number of halogens is 2. The Balaban J connectivity index is 0.000000387. The van der Waals surface area contributed by atoms with Gasteiger partial charge in [-0.15, -0.1) is 0 Å². The summed E-state index contributed by atoms with van der Waals surface area (Å²) in [6, 6.07) is 14.7. The van der Waals surface area contributed by atoms with Crippen molar-refractivity contribution in [2.45, 2.75) is 51.6 Å². The Bertz CT molecular complexity index is 1910. The first-order valence-electron chi connectivity index (χ1n) is 17.4. The molecule has 12 nitrogen and oxygen atoms in total. The van der Waals surface area contributed by atoms with E-state index in [-0.39, 0.29) is 62.1 Å². The number of benzene rings is 2. The minimum absolute atomic E-state index is 0. The van der Waals surface area contributed by atoms with Crippen LogP contribution < -0.4 is 20.8 Å². The maximum absolute atomic E-state index is 12.8. The van der Waals surface area contributed by atoms with Crippen molar-refractivity contribution in [3.63, 3.8) is 0 Å². The molecule has 0 spiro atoms. The standard InChI is InChI=1S/2C20H23ClN2O4S.Ca/c2*1-12-10-15(11-17(24)22-16(20(26)27)8-9-28-3)23(2)18(12)19(25)13-4-6-14(21)7-5-13;/h2*4-7,10,16H,8-9,11H2,1-3H3,(H,22,24)(H,26,27);/q;;+2/p-2. The van der Waals surface area contributed by atoms with E-state index >= 15 is 0 Å². The van der Waals surface area contributed by atoms with Crippen LogP contribution in [0.5, 0.6) is 0 Å². The fourth-order valence-electron chi connectivity index (χ4n) is 5.91. The van der Waals surface area contributed by atoms with Crippen molar-refractivity contribution in [3.8, 4) is 0 Å². The van der Waals surface area contributed by atoms with E-state index in [1.165, 1.54) is 23.5 Å². The van der Waals surface area contributed by atoms with Gasteiger partial charge in [0.15, 0.2) is 0 Å². The van der Waals surface area contributed by atoms with Crippen molar-refractivity contribution in [1.29, 1.82) is 0 Å². The average molecular weight is 884 g/mol. The summed E-state index contributed by atoms with van der Waals surface area (Å²) in [5.41, 5.74) is 4.67. The largest absolute Gasteiger partial charge is 2.00 e. The van der Waals surface area contributed by atoms with Crippen LogP contribution in [0.2, 0.25) is 10.0 Å². The first-order valence-corrected chi connectivity index (χ1v) is 20.9. The summed E-state index contributed by atoms with van der Waals surface area (Å²) >= 11 is 14.7. The SMILES string of the molecule is CSCCC(NC(=O)Cc1cc(C)c(C(=O)c2ccc(Cl)cc2)n1C)C(=O)[O-].CSCCC(NC(=O)Cc1cc(C)c(C(=O)c2ccc(Cl)cc2)n1C)C(=O)[O-].[Ca+2]. The molecule has 0 radical (unpaired) electrons. The molecule has 0 fully saturated rings. The monoisotopic (exact) mass is 882 g/mol. The van der Waals surface area contributed by atoms with Gasteiger partial charge in [0.1, 0.15) is 0 Å². The van der Waals surface area contributed by atoms with E-state index in [2.05, 4.69) is 10.6 Å². The second-order valence-corrected chi connectivity index (χ2v) is 15.8. The van der Waals surface area contributed by atoms with Crippen molar-refractivity contribution in [2.24, 2.45) is 14.1 Å². The number of ketones is 2. The number of aromatic nitrogens is 2. The first kappa shape index (κ1) is 49.9. The molecule has 2 heterocycles. The van der Waals surface area contributed by atoms with Crippen LogP contribution in [0.15, 0.2) is 60.7 Å². The molecule has 0 bridgehead atoms. The molecule has 0 aliphatic rings. The number of carbonyl (C=O) groups is 6. The minimum Gasteiger partial charge on any atom is -0.548 e. The van der Waals surface area contributed by atoms with Crippen molar-refractivity contribution >= 4 is 120 Å². The van der Waals surface area contributed by atoms with E-state index in [0.717, 1.165) is 11.1 Å². The number of carboxylic acid groups (broad SMARTS) is 2. The van der Waals surface area contributed by atoms with E-state index in [1.54, 1.807) is 97.7 Å². The van der Waals surface area contributed by atoms with Crippen LogP contribution in [-0.4, -0.2) is 118 Å². The van der Waals surface area contributed by atoms with Gasteiger partial charge in [0.2, 0.25) is 23.4 Å². The van der Waals surface area contributed by atoms with Gasteiger partial charge in [0.05, 0.1) is 48.3 Å². The maximum Gasteiger partial charge on any atom is 2.00 e. The van der Waals surface area contributed by atoms with Crippen LogP contribution in [0, 0.1) is 13.8 Å². The molecular weight excluding hydrogens is 840 g/mol. The van der Waals surface area contributed by atoms with Crippen LogP contribution in [0.4, 0.5) is 0 Å². The van der Waals surface area contributed by atoms with E-state index < -0.39 is 35.8 Å². The normalized spacial score (nSPS) is 11.6. The number of amides is 2. The predicted octanol–water partition coefficient (Wildman–Crippen LogP) is 3.12. The number of carbonyl (C=O) groups excluding carboxylic acids is 6. The van der Waals surface area contributed by atoms with Crippen LogP contribution >= 0.6 is 46.7 Å². The van der Waals surface area contributed by atoms with E-state index in [1.807, 2.05) is 12.5 Å². The molecule has 4 rings (SSSR count). The molecule has 300 valence electrons. The Labute approximate surface area is 380 Å². The summed E-state index contributed by atoms with van der Waals surface area (Å²) < 4.78 is 3.34. The maximum atomic E-state index is 12.8. The zero-order chi connectivity index (χ0) is 41.7. The number of nitrogens with one attached hydrogen (secondary N) is 2. The van der Waals surface area contributed by atoms with E-state index in [9.17, 15) is 39.0 Å². The van der Waals surface area contributed by atoms with Crippen molar-refractivity contribution in [2.75, 3.05) is 24.0 Å². The summed E-state index contributed by atoms with van der Waals surface area (Å²) in [6.45, 7) is 3.60. The summed E-state index contributed by atoms with van der Waals surface area (Å²) in [5, 5.41) is 28.5. The summed E-state index contributed by atoms with van der Waals surface area (Å²) in [5.74, 6) is -2.60. The summed E-state index contributed by atoms with van der Waals surface area (Å²) in [4.78, 5) is 72.7. The second kappa shape index (κ2) is 24.0. The van der Waals surface area contributed by atoms with Crippen LogP contribution in [0.3, 0.4) is 0 Å². The van der Waals surface area contributed by atoms with Gasteiger partial charge in [-0.25, -0.2) is 0 Å². The summed E-state index contributed by atoms with van der Waals surface area (Å²) in [6.07, 6.45) is 4.24. The molecule has 0 saturated carbocycles. The zero-order valence-corrected chi connectivity index (χ0v) is 38.0. The summed E-state index contributed by atoms with van der Waals surface area (Å²) in [7, 11) is 3.42. The fraction of sp³-hybridized carbons (Fsp3) is 0.350. The molecule has 2 unspecified atom stereocenters. The van der Waals surface area contributed by atoms with Gasteiger partial charge in [-0.3, -0.25) is 19.2 Å². The number of thioether (sulfide) groups is 2. The number of hydrogen-bond donors (Lipinski definition) is 2. The number of aliphatic carboxylic acids is 2. The predicted molar refractivity (Wildman–Crippen MR) is 223 cm³/mol.